The molecule has 54 valence electrons. The zero-order valence-electron chi connectivity index (χ0n) is 5.57. The fraction of sp³-hybridized carbons (Fsp3) is 0.143. The van der Waals surface area contributed by atoms with Crippen molar-refractivity contribution in [1.29, 1.82) is 0 Å². The molecule has 10 heavy (non-hydrogen) atoms. The molecule has 3 heteroatoms. The van der Waals surface area contributed by atoms with Crippen molar-refractivity contribution in [3.8, 4) is 5.75 Å². The van der Waals surface area contributed by atoms with Crippen molar-refractivity contribution in [3.63, 3.8) is 0 Å². The Balaban J connectivity index is 2.69. The topological polar surface area (TPSA) is 18.5 Å². The minimum absolute atomic E-state index is 0.653. The minimum Gasteiger partial charge on any atom is -0.325 e. The van der Waals surface area contributed by atoms with E-state index in [1.165, 1.54) is 5.56 Å². The molecule has 1 aromatic rings. The molecule has 0 N–H and O–H groups in total. The van der Waals surface area contributed by atoms with Gasteiger partial charge in [0.15, 0.2) is 5.75 Å². The summed E-state index contributed by atoms with van der Waals surface area (Å²) in [6.45, 7) is 2.01. The van der Waals surface area contributed by atoms with Gasteiger partial charge in [0, 0.05) is 12.9 Å². The van der Waals surface area contributed by atoms with Crippen molar-refractivity contribution in [2.24, 2.45) is 0 Å². The zero-order chi connectivity index (χ0) is 7.40. The highest BCUT2D eigenvalue weighted by molar-refractivity contribution is 7.74. The van der Waals surface area contributed by atoms with Crippen LogP contribution < -0.4 is 4.89 Å². The lowest BCUT2D eigenvalue weighted by Crippen LogP contribution is -1.84. The monoisotopic (exact) mass is 156 g/mol. The summed E-state index contributed by atoms with van der Waals surface area (Å²) >= 11 is 3.44. The van der Waals surface area contributed by atoms with Crippen molar-refractivity contribution in [2.45, 2.75) is 6.92 Å². The molecular formula is C7H8O2S. The van der Waals surface area contributed by atoms with Crippen molar-refractivity contribution >= 4 is 12.9 Å². The predicted molar refractivity (Wildman–Crippen MR) is 41.9 cm³/mol. The smallest absolute Gasteiger partial charge is 0.166 e. The summed E-state index contributed by atoms with van der Waals surface area (Å²) in [6.07, 6.45) is 0. The zero-order valence-corrected chi connectivity index (χ0v) is 6.47. The molecule has 0 spiro atoms. The van der Waals surface area contributed by atoms with Gasteiger partial charge in [-0.2, -0.15) is 0 Å². The van der Waals surface area contributed by atoms with Crippen LogP contribution in [0.15, 0.2) is 24.3 Å². The Morgan fingerprint density at radius 2 is 1.80 bits per heavy atom. The highest BCUT2D eigenvalue weighted by Gasteiger charge is 1.90. The Bertz CT molecular complexity index is 195. The number of aryl methyl sites for hydroxylation is 1. The summed E-state index contributed by atoms with van der Waals surface area (Å²) in [5, 5.41) is 0. The van der Waals surface area contributed by atoms with Crippen LogP contribution in [-0.2, 0) is 4.33 Å². The van der Waals surface area contributed by atoms with Crippen molar-refractivity contribution < 1.29 is 9.22 Å². The van der Waals surface area contributed by atoms with Gasteiger partial charge in [0.1, 0.15) is 0 Å². The summed E-state index contributed by atoms with van der Waals surface area (Å²) in [4.78, 5) is 4.63. The summed E-state index contributed by atoms with van der Waals surface area (Å²) in [5.41, 5.74) is 1.19. The molecule has 0 saturated carbocycles. The largest absolute Gasteiger partial charge is 0.325 e. The van der Waals surface area contributed by atoms with Crippen LogP contribution in [0, 0.1) is 6.92 Å². The van der Waals surface area contributed by atoms with E-state index in [0.29, 0.717) is 5.75 Å². The number of rotatable bonds is 2. The fourth-order valence-corrected chi connectivity index (χ4v) is 0.723. The molecular weight excluding hydrogens is 148 g/mol. The summed E-state index contributed by atoms with van der Waals surface area (Å²) < 4.78 is 4.16. The summed E-state index contributed by atoms with van der Waals surface area (Å²) in [5.74, 6) is 0.653. The normalized spacial score (nSPS) is 9.40. The van der Waals surface area contributed by atoms with E-state index in [4.69, 9.17) is 0 Å². The predicted octanol–water partition coefficient (Wildman–Crippen LogP) is 2.15. The number of hydrogen-bond donors (Lipinski definition) is 1. The van der Waals surface area contributed by atoms with Crippen LogP contribution in [0.25, 0.3) is 0 Å². The molecule has 0 aliphatic heterocycles. The first-order valence-electron chi connectivity index (χ1n) is 2.87. The number of benzene rings is 1. The Hall–Kier alpha value is -0.670. The molecule has 0 aliphatic carbocycles. The van der Waals surface area contributed by atoms with Crippen LogP contribution in [0.4, 0.5) is 0 Å². The van der Waals surface area contributed by atoms with Crippen LogP contribution in [-0.4, -0.2) is 0 Å². The molecule has 0 amide bonds. The molecule has 2 nitrogen and oxygen atoms in total. The summed E-state index contributed by atoms with van der Waals surface area (Å²) in [7, 11) is 0. The molecule has 0 saturated heterocycles. The maximum absolute atomic E-state index is 4.63. The number of thiol groups is 1. The first kappa shape index (κ1) is 7.44. The summed E-state index contributed by atoms with van der Waals surface area (Å²) in [6, 6.07) is 7.49. The van der Waals surface area contributed by atoms with Gasteiger partial charge in [-0.15, -0.1) is 4.33 Å². The van der Waals surface area contributed by atoms with E-state index >= 15 is 0 Å². The first-order chi connectivity index (χ1) is 4.83. The first-order valence-corrected chi connectivity index (χ1v) is 3.24. The SMILES string of the molecule is Cc1ccc(OOS)cc1. The van der Waals surface area contributed by atoms with Gasteiger partial charge in [-0.05, 0) is 19.1 Å². The van der Waals surface area contributed by atoms with E-state index in [-0.39, 0.29) is 0 Å². The maximum atomic E-state index is 4.63. The Kier molecular flexibility index (Phi) is 2.59. The average Bonchev–Trinajstić information content (AvgIpc) is 1.95. The third-order valence-corrected chi connectivity index (χ3v) is 1.23. The fourth-order valence-electron chi connectivity index (χ4n) is 0.637. The second-order valence-electron chi connectivity index (χ2n) is 1.97. The van der Waals surface area contributed by atoms with E-state index in [9.17, 15) is 0 Å². The lowest BCUT2D eigenvalue weighted by molar-refractivity contribution is -0.0742. The van der Waals surface area contributed by atoms with Crippen LogP contribution in [0.5, 0.6) is 5.75 Å². The van der Waals surface area contributed by atoms with E-state index < -0.39 is 0 Å². The van der Waals surface area contributed by atoms with Gasteiger partial charge in [-0.25, -0.2) is 0 Å². The molecule has 0 bridgehead atoms. The van der Waals surface area contributed by atoms with Crippen LogP contribution >= 0.6 is 12.9 Å². The van der Waals surface area contributed by atoms with E-state index in [0.717, 1.165) is 0 Å². The Labute approximate surface area is 65.3 Å². The molecule has 1 aromatic carbocycles. The third kappa shape index (κ3) is 1.93. The van der Waals surface area contributed by atoms with E-state index in [1.54, 1.807) is 0 Å². The molecule has 0 aromatic heterocycles. The highest BCUT2D eigenvalue weighted by atomic mass is 32.1. The third-order valence-electron chi connectivity index (χ3n) is 1.15. The van der Waals surface area contributed by atoms with Gasteiger partial charge in [0.05, 0.1) is 0 Å². The second kappa shape index (κ2) is 3.49. The molecule has 0 atom stereocenters. The molecule has 0 fully saturated rings. The second-order valence-corrected chi connectivity index (χ2v) is 2.12. The molecule has 0 aliphatic rings. The molecule has 0 unspecified atom stereocenters. The quantitative estimate of drug-likeness (QED) is 0.306. The molecule has 0 radical (unpaired) electrons. The van der Waals surface area contributed by atoms with E-state index in [2.05, 4.69) is 22.1 Å². The maximum Gasteiger partial charge on any atom is 0.166 e. The van der Waals surface area contributed by atoms with Crippen LogP contribution in [0.1, 0.15) is 5.56 Å². The Morgan fingerprint density at radius 3 is 2.30 bits per heavy atom. The van der Waals surface area contributed by atoms with Crippen molar-refractivity contribution in [2.75, 3.05) is 0 Å². The standard InChI is InChI=1S/C7H8O2S/c1-6-2-4-7(5-3-6)8-9-10/h2-5,10H,1H3. The van der Waals surface area contributed by atoms with Gasteiger partial charge in [0.25, 0.3) is 0 Å². The lowest BCUT2D eigenvalue weighted by atomic mass is 10.2. The number of hydrogen-bond acceptors (Lipinski definition) is 3. The van der Waals surface area contributed by atoms with E-state index in [1.807, 2.05) is 31.2 Å². The van der Waals surface area contributed by atoms with Gasteiger partial charge in [-0.1, -0.05) is 17.7 Å². The van der Waals surface area contributed by atoms with Crippen molar-refractivity contribution in [3.05, 3.63) is 29.8 Å². The molecule has 1 rings (SSSR count). The van der Waals surface area contributed by atoms with Gasteiger partial charge in [-0.3, -0.25) is 0 Å². The van der Waals surface area contributed by atoms with Crippen molar-refractivity contribution in [1.82, 2.24) is 0 Å². The lowest BCUT2D eigenvalue weighted by Gasteiger charge is -1.97. The van der Waals surface area contributed by atoms with Crippen LogP contribution in [0.2, 0.25) is 0 Å². The Morgan fingerprint density at radius 1 is 1.20 bits per heavy atom. The van der Waals surface area contributed by atoms with Gasteiger partial charge >= 0.3 is 0 Å². The van der Waals surface area contributed by atoms with Crippen LogP contribution in [0.3, 0.4) is 0 Å². The van der Waals surface area contributed by atoms with Gasteiger partial charge < -0.3 is 4.89 Å². The minimum atomic E-state index is 0.653. The molecule has 0 heterocycles. The average molecular weight is 156 g/mol. The highest BCUT2D eigenvalue weighted by Crippen LogP contribution is 2.11. The van der Waals surface area contributed by atoms with Gasteiger partial charge in [0.2, 0.25) is 0 Å².